The van der Waals surface area contributed by atoms with Gasteiger partial charge in [-0.3, -0.25) is 4.79 Å². The zero-order chi connectivity index (χ0) is 16.5. The van der Waals surface area contributed by atoms with Crippen LogP contribution in [0.1, 0.15) is 42.4 Å². The number of benzene rings is 2. The minimum Gasteiger partial charge on any atom is -0.371 e. The first-order valence-corrected chi connectivity index (χ1v) is 9.03. The molecule has 4 rings (SSSR count). The van der Waals surface area contributed by atoms with Gasteiger partial charge in [-0.1, -0.05) is 30.3 Å². The van der Waals surface area contributed by atoms with Crippen molar-refractivity contribution in [3.8, 4) is 0 Å². The number of carbonyl (C=O) groups excluding carboxylic acids is 1. The third-order valence-electron chi connectivity index (χ3n) is 5.41. The Morgan fingerprint density at radius 1 is 1.17 bits per heavy atom. The molecular weight excluding hydrogens is 296 g/mol. The molecule has 1 amide bonds. The number of nitrogens with one attached hydrogen (secondary N) is 1. The molecule has 1 aliphatic carbocycles. The fourth-order valence-electron chi connectivity index (χ4n) is 4.11. The van der Waals surface area contributed by atoms with Gasteiger partial charge in [0.05, 0.1) is 5.92 Å². The van der Waals surface area contributed by atoms with Gasteiger partial charge in [-0.05, 0) is 61.4 Å². The molecule has 2 aromatic carbocycles. The van der Waals surface area contributed by atoms with E-state index in [1.165, 1.54) is 22.4 Å². The van der Waals surface area contributed by atoms with Gasteiger partial charge in [0, 0.05) is 24.5 Å². The van der Waals surface area contributed by atoms with Crippen molar-refractivity contribution < 1.29 is 4.79 Å². The molecule has 1 aliphatic heterocycles. The number of fused-ring (bicyclic) bond motifs is 2. The molecule has 1 unspecified atom stereocenters. The number of aryl methyl sites for hydroxylation is 1. The van der Waals surface area contributed by atoms with Crippen molar-refractivity contribution in [2.24, 2.45) is 0 Å². The molecule has 2 aliphatic rings. The summed E-state index contributed by atoms with van der Waals surface area (Å²) < 4.78 is 0. The van der Waals surface area contributed by atoms with Crippen LogP contribution in [0, 0.1) is 0 Å². The van der Waals surface area contributed by atoms with Gasteiger partial charge in [0.25, 0.3) is 0 Å². The molecule has 0 bridgehead atoms. The molecule has 0 spiro atoms. The van der Waals surface area contributed by atoms with Crippen LogP contribution in [0.2, 0.25) is 0 Å². The van der Waals surface area contributed by atoms with Crippen LogP contribution in [0.15, 0.2) is 42.5 Å². The van der Waals surface area contributed by atoms with Gasteiger partial charge in [0.1, 0.15) is 0 Å². The number of carbonyl (C=O) groups is 1. The summed E-state index contributed by atoms with van der Waals surface area (Å²) in [5.74, 6) is 0.105. The molecule has 0 saturated heterocycles. The molecular formula is C21H24N2O. The van der Waals surface area contributed by atoms with E-state index >= 15 is 0 Å². The van der Waals surface area contributed by atoms with Crippen molar-refractivity contribution in [3.63, 3.8) is 0 Å². The average molecular weight is 320 g/mol. The average Bonchev–Trinajstić information content (AvgIpc) is 3.03. The molecule has 3 heteroatoms. The number of hydrogen-bond acceptors (Lipinski definition) is 2. The Labute approximate surface area is 143 Å². The van der Waals surface area contributed by atoms with Crippen LogP contribution in [-0.2, 0) is 17.6 Å². The minimum absolute atomic E-state index is 0.0227. The molecule has 24 heavy (non-hydrogen) atoms. The van der Waals surface area contributed by atoms with E-state index in [1.807, 2.05) is 12.1 Å². The van der Waals surface area contributed by atoms with E-state index in [2.05, 4.69) is 47.5 Å². The van der Waals surface area contributed by atoms with E-state index in [1.54, 1.807) is 0 Å². The molecule has 1 heterocycles. The Bertz CT molecular complexity index is 768. The summed E-state index contributed by atoms with van der Waals surface area (Å²) in [4.78, 5) is 15.2. The summed E-state index contributed by atoms with van der Waals surface area (Å²) in [6, 6.07) is 14.7. The number of anilines is 2. The number of hydrogen-bond donors (Lipinski definition) is 1. The van der Waals surface area contributed by atoms with Crippen LogP contribution < -0.4 is 10.2 Å². The second kappa shape index (κ2) is 6.31. The predicted octanol–water partition coefficient (Wildman–Crippen LogP) is 4.13. The van der Waals surface area contributed by atoms with Crippen LogP contribution in [-0.4, -0.2) is 19.0 Å². The Kier molecular flexibility index (Phi) is 4.01. The van der Waals surface area contributed by atoms with Gasteiger partial charge >= 0.3 is 0 Å². The molecule has 1 atom stereocenters. The number of rotatable bonds is 3. The van der Waals surface area contributed by atoms with E-state index in [0.717, 1.165) is 44.5 Å². The van der Waals surface area contributed by atoms with Crippen LogP contribution >= 0.6 is 0 Å². The van der Waals surface area contributed by atoms with Crippen LogP contribution in [0.5, 0.6) is 0 Å². The smallest absolute Gasteiger partial charge is 0.231 e. The third-order valence-corrected chi connectivity index (χ3v) is 5.41. The number of nitrogens with zero attached hydrogens (tertiary/aromatic N) is 1. The summed E-state index contributed by atoms with van der Waals surface area (Å²) in [6.07, 6.45) is 4.22. The highest BCUT2D eigenvalue weighted by atomic mass is 16.1. The minimum atomic E-state index is -0.0227. The molecule has 2 aromatic rings. The summed E-state index contributed by atoms with van der Waals surface area (Å²) >= 11 is 0. The summed E-state index contributed by atoms with van der Waals surface area (Å²) in [5, 5.41) is 3.16. The lowest BCUT2D eigenvalue weighted by atomic mass is 9.82. The first kappa shape index (κ1) is 15.3. The van der Waals surface area contributed by atoms with Gasteiger partial charge < -0.3 is 10.2 Å². The van der Waals surface area contributed by atoms with Crippen molar-refractivity contribution >= 4 is 17.3 Å². The maximum absolute atomic E-state index is 12.9. The first-order valence-electron chi connectivity index (χ1n) is 9.03. The zero-order valence-electron chi connectivity index (χ0n) is 14.2. The lowest BCUT2D eigenvalue weighted by Crippen LogP contribution is -2.25. The molecule has 1 N–H and O–H groups in total. The maximum atomic E-state index is 12.9. The van der Waals surface area contributed by atoms with Gasteiger partial charge in [-0.15, -0.1) is 0 Å². The number of amides is 1. The Morgan fingerprint density at radius 3 is 2.92 bits per heavy atom. The lowest BCUT2D eigenvalue weighted by molar-refractivity contribution is -0.117. The summed E-state index contributed by atoms with van der Waals surface area (Å²) in [6.45, 7) is 4.28. The Balaban J connectivity index is 1.55. The fraction of sp³-hybridized carbons (Fsp3) is 0.381. The highest BCUT2D eigenvalue weighted by molar-refractivity contribution is 5.96. The zero-order valence-corrected chi connectivity index (χ0v) is 14.2. The van der Waals surface area contributed by atoms with Crippen LogP contribution in [0.25, 0.3) is 0 Å². The second-order valence-electron chi connectivity index (χ2n) is 6.81. The van der Waals surface area contributed by atoms with Crippen molar-refractivity contribution in [2.45, 2.75) is 38.5 Å². The van der Waals surface area contributed by atoms with Gasteiger partial charge in [0.15, 0.2) is 0 Å². The standard InChI is InChI=1S/C21H24N2O/c1-2-23-13-12-16-10-11-17(14-20(16)23)22-21(24)19-9-5-7-15-6-3-4-8-18(15)19/h3-4,6,8,10-11,14,19H,2,5,7,9,12-13H2,1H3,(H,22,24). The van der Waals surface area contributed by atoms with Crippen molar-refractivity contribution in [1.29, 1.82) is 0 Å². The first-order chi connectivity index (χ1) is 11.8. The van der Waals surface area contributed by atoms with Gasteiger partial charge in [0.2, 0.25) is 5.91 Å². The predicted molar refractivity (Wildman–Crippen MR) is 98.8 cm³/mol. The normalized spacial score (nSPS) is 18.9. The maximum Gasteiger partial charge on any atom is 0.231 e. The molecule has 0 saturated carbocycles. The molecule has 0 radical (unpaired) electrons. The monoisotopic (exact) mass is 320 g/mol. The Morgan fingerprint density at radius 2 is 2.04 bits per heavy atom. The van der Waals surface area contributed by atoms with Crippen LogP contribution in [0.3, 0.4) is 0 Å². The van der Waals surface area contributed by atoms with E-state index < -0.39 is 0 Å². The third kappa shape index (κ3) is 2.68. The molecule has 0 fully saturated rings. The van der Waals surface area contributed by atoms with Crippen LogP contribution in [0.4, 0.5) is 11.4 Å². The van der Waals surface area contributed by atoms with E-state index in [0.29, 0.717) is 0 Å². The summed E-state index contributed by atoms with van der Waals surface area (Å²) in [5.41, 5.74) is 6.12. The molecule has 0 aromatic heterocycles. The van der Waals surface area contributed by atoms with E-state index in [-0.39, 0.29) is 11.8 Å². The Hall–Kier alpha value is -2.29. The summed E-state index contributed by atoms with van der Waals surface area (Å²) in [7, 11) is 0. The van der Waals surface area contributed by atoms with E-state index in [9.17, 15) is 4.79 Å². The van der Waals surface area contributed by atoms with Gasteiger partial charge in [-0.25, -0.2) is 0 Å². The van der Waals surface area contributed by atoms with Gasteiger partial charge in [-0.2, -0.15) is 0 Å². The highest BCUT2D eigenvalue weighted by Gasteiger charge is 2.26. The van der Waals surface area contributed by atoms with E-state index in [4.69, 9.17) is 0 Å². The van der Waals surface area contributed by atoms with Crippen molar-refractivity contribution in [1.82, 2.24) is 0 Å². The second-order valence-corrected chi connectivity index (χ2v) is 6.81. The fourth-order valence-corrected chi connectivity index (χ4v) is 4.11. The van der Waals surface area contributed by atoms with Crippen molar-refractivity contribution in [3.05, 3.63) is 59.2 Å². The molecule has 124 valence electrons. The highest BCUT2D eigenvalue weighted by Crippen LogP contribution is 2.34. The quantitative estimate of drug-likeness (QED) is 0.922. The lowest BCUT2D eigenvalue weighted by Gasteiger charge is -2.25. The SMILES string of the molecule is CCN1CCc2ccc(NC(=O)C3CCCc4ccccc43)cc21. The largest absolute Gasteiger partial charge is 0.371 e. The van der Waals surface area contributed by atoms with Crippen molar-refractivity contribution in [2.75, 3.05) is 23.3 Å². The molecule has 3 nitrogen and oxygen atoms in total. The topological polar surface area (TPSA) is 32.3 Å². The number of likely N-dealkylation sites (N-methyl/N-ethyl adjacent to an activating group) is 1.